The summed E-state index contributed by atoms with van der Waals surface area (Å²) < 4.78 is 39.9. The molecule has 10 rings (SSSR count). The monoisotopic (exact) mass is 1220 g/mol. The van der Waals surface area contributed by atoms with Gasteiger partial charge in [0.1, 0.15) is 30.5 Å². The highest BCUT2D eigenvalue weighted by Crippen LogP contribution is 2.60. The molecule has 0 radical (unpaired) electrons. The van der Waals surface area contributed by atoms with Gasteiger partial charge in [-0.2, -0.15) is 0 Å². The Morgan fingerprint density at radius 1 is 0.437 bits per heavy atom. The third-order valence-corrected chi connectivity index (χ3v) is 14.5. The van der Waals surface area contributed by atoms with Gasteiger partial charge in [0, 0.05) is 39.9 Å². The van der Waals surface area contributed by atoms with Crippen LogP contribution in [0.1, 0.15) is 73.6 Å². The van der Waals surface area contributed by atoms with E-state index >= 15 is 9.59 Å². The van der Waals surface area contributed by atoms with Crippen LogP contribution in [0.25, 0.3) is 22.3 Å². The topological polar surface area (TPSA) is 592 Å². The van der Waals surface area contributed by atoms with Crippen LogP contribution in [0.15, 0.2) is 36.4 Å². The number of rotatable bonds is 7. The number of phenolic OH excluding ortho intramolecular Hbond substituents is 17. The summed E-state index contributed by atoms with van der Waals surface area (Å²) in [5.41, 5.74) is -13.6. The first-order chi connectivity index (χ1) is 40.9. The summed E-state index contributed by atoms with van der Waals surface area (Å²) in [5.74, 6) is -42.3. The summed E-state index contributed by atoms with van der Waals surface area (Å²) in [5, 5.41) is 230. The molecule has 34 heteroatoms. The second-order valence-electron chi connectivity index (χ2n) is 19.5. The molecule has 6 aromatic rings. The Labute approximate surface area is 478 Å². The fourth-order valence-electron chi connectivity index (χ4n) is 10.3. The first-order valence-electron chi connectivity index (χ1n) is 24.4. The van der Waals surface area contributed by atoms with Crippen LogP contribution < -0.4 is 4.74 Å². The summed E-state index contributed by atoms with van der Waals surface area (Å²) in [6.07, 6.45) is -20.6. The van der Waals surface area contributed by atoms with Gasteiger partial charge in [-0.05, 0) is 24.3 Å². The minimum absolute atomic E-state index is 0.220. The summed E-state index contributed by atoms with van der Waals surface area (Å²) >= 11 is 0. The fourth-order valence-corrected chi connectivity index (χ4v) is 10.3. The van der Waals surface area contributed by atoms with Gasteiger partial charge < -0.3 is 140 Å². The second-order valence-corrected chi connectivity index (χ2v) is 19.5. The lowest BCUT2D eigenvalue weighted by Gasteiger charge is -2.47. The molecule has 4 aliphatic heterocycles. The van der Waals surface area contributed by atoms with Crippen molar-refractivity contribution >= 4 is 35.8 Å². The normalized spacial score (nSPS) is 22.4. The largest absolute Gasteiger partial charge is 0.504 e. The van der Waals surface area contributed by atoms with E-state index in [0.717, 1.165) is 0 Å². The quantitative estimate of drug-likeness (QED) is 0.0596. The van der Waals surface area contributed by atoms with E-state index in [1.807, 2.05) is 0 Å². The lowest BCUT2D eigenvalue weighted by Crippen LogP contribution is -2.62. The number of aliphatic hydroxyl groups excluding tert-OH is 3. The number of aromatic carboxylic acids is 1. The van der Waals surface area contributed by atoms with E-state index in [1.54, 1.807) is 0 Å². The van der Waals surface area contributed by atoms with E-state index in [1.165, 1.54) is 0 Å². The maximum Gasteiger partial charge on any atom is 0.339 e. The first-order valence-corrected chi connectivity index (χ1v) is 24.4. The number of hydrogen-bond acceptors (Lipinski definition) is 33. The third kappa shape index (κ3) is 9.15. The van der Waals surface area contributed by atoms with Crippen molar-refractivity contribution in [1.82, 2.24) is 0 Å². The first kappa shape index (κ1) is 58.6. The van der Waals surface area contributed by atoms with Gasteiger partial charge in [0.05, 0.1) is 46.4 Å². The molecule has 2 bridgehead atoms. The number of cyclic esters (lactones) is 3. The van der Waals surface area contributed by atoms with Crippen LogP contribution in [-0.2, 0) is 28.4 Å². The van der Waals surface area contributed by atoms with Crippen LogP contribution >= 0.6 is 0 Å². The molecule has 87 heavy (non-hydrogen) atoms. The number of ether oxygens (including phenoxy) is 7. The molecule has 0 aromatic heterocycles. The highest BCUT2D eigenvalue weighted by molar-refractivity contribution is 6.11. The number of esters is 5. The Balaban J connectivity index is 1.26. The van der Waals surface area contributed by atoms with Gasteiger partial charge in [-0.3, -0.25) is 0 Å². The number of benzene rings is 6. The van der Waals surface area contributed by atoms with Gasteiger partial charge in [-0.15, -0.1) is 0 Å². The summed E-state index contributed by atoms with van der Waals surface area (Å²) in [6, 6.07) is 2.04. The van der Waals surface area contributed by atoms with Crippen molar-refractivity contribution < 1.29 is 169 Å². The highest BCUT2D eigenvalue weighted by atomic mass is 16.6. The zero-order valence-electron chi connectivity index (χ0n) is 42.8. The highest BCUT2D eigenvalue weighted by Gasteiger charge is 2.59. The van der Waals surface area contributed by atoms with Crippen molar-refractivity contribution in [2.24, 2.45) is 0 Å². The zero-order valence-corrected chi connectivity index (χ0v) is 42.8. The second kappa shape index (κ2) is 20.9. The van der Waals surface area contributed by atoms with Crippen molar-refractivity contribution in [2.75, 3.05) is 13.2 Å². The summed E-state index contributed by atoms with van der Waals surface area (Å²) in [6.45, 7) is -2.72. The average molecular weight is 1220 g/mol. The Bertz CT molecular complexity index is 4010. The van der Waals surface area contributed by atoms with Crippen molar-refractivity contribution in [3.63, 3.8) is 0 Å². The number of carboxylic acid groups (broad SMARTS) is 1. The molecule has 9 atom stereocenters. The minimum Gasteiger partial charge on any atom is -0.504 e. The molecule has 0 saturated carbocycles. The number of hydrogen-bond donors (Lipinski definition) is 21. The molecular weight excluding hydrogens is 1180 g/mol. The summed E-state index contributed by atoms with van der Waals surface area (Å²) in [4.78, 5) is 86.7. The number of fused-ring (bicyclic) bond motifs is 7. The molecule has 1 saturated heterocycles. The fraction of sp³-hybridized carbons (Fsp3) is 0.208. The van der Waals surface area contributed by atoms with Crippen LogP contribution in [0.4, 0.5) is 0 Å². The van der Waals surface area contributed by atoms with Gasteiger partial charge in [0.2, 0.25) is 34.5 Å². The minimum atomic E-state index is -3.03. The Morgan fingerprint density at radius 2 is 0.920 bits per heavy atom. The van der Waals surface area contributed by atoms with Crippen molar-refractivity contribution in [1.29, 1.82) is 0 Å². The Morgan fingerprint density at radius 3 is 1.49 bits per heavy atom. The molecule has 4 heterocycles. The van der Waals surface area contributed by atoms with Crippen molar-refractivity contribution in [2.45, 2.75) is 54.7 Å². The lowest BCUT2D eigenvalue weighted by atomic mass is 9.73. The number of aromatic hydroxyl groups is 17. The predicted molar refractivity (Wildman–Crippen MR) is 270 cm³/mol. The number of carbonyl (C=O) groups excluding carboxylic acids is 5. The van der Waals surface area contributed by atoms with Crippen LogP contribution in [-0.4, -0.2) is 205 Å². The molecule has 456 valence electrons. The summed E-state index contributed by atoms with van der Waals surface area (Å²) in [7, 11) is 0. The number of phenols is 17. The van der Waals surface area contributed by atoms with E-state index in [4.69, 9.17) is 33.2 Å². The molecule has 6 aromatic carbocycles. The third-order valence-electron chi connectivity index (χ3n) is 14.5. The van der Waals surface area contributed by atoms with Gasteiger partial charge in [-0.1, -0.05) is 0 Å². The van der Waals surface area contributed by atoms with E-state index in [0.29, 0.717) is 30.3 Å². The van der Waals surface area contributed by atoms with Gasteiger partial charge in [0.25, 0.3) is 0 Å². The molecule has 0 amide bonds. The molecule has 34 nitrogen and oxygen atoms in total. The smallest absolute Gasteiger partial charge is 0.339 e. The standard InChI is InChI=1S/C53H40O34/c54-14-1-9(2-15(55)29(14)60)49(76)84-21-8-82-50(77)12-6-20(83-43-13(48(74)75)5-18(58)32(63)41(43)72)34(65)37(68)23(12)22-10(3-16(56)30(61)35(22)66)51(78)85-44(21)47-46-28(45-42(73)33(64)19(59)7-81-45)26-27(53(80)86-46)25(38(69)40(71)39(26)70)24-11(52(79)87-47)4-17(57)31(62)36(24)67/h1-6,19,21,28,33,42,44-47,54-73H,7-8H2,(H,74,75)/t19-,21-,28-,33+,42+,44-,45?,46+,47+/m1/s1. The number of carbonyl (C=O) groups is 6. The molecule has 4 aliphatic rings. The van der Waals surface area contributed by atoms with E-state index in [2.05, 4.69) is 0 Å². The maximum absolute atomic E-state index is 15.3. The van der Waals surface area contributed by atoms with Crippen molar-refractivity contribution in [3.8, 4) is 131 Å². The van der Waals surface area contributed by atoms with E-state index in [9.17, 15) is 126 Å². The molecule has 0 aliphatic carbocycles. The van der Waals surface area contributed by atoms with Crippen LogP contribution in [0.2, 0.25) is 0 Å². The Kier molecular flexibility index (Phi) is 14.1. The van der Waals surface area contributed by atoms with Gasteiger partial charge >= 0.3 is 35.8 Å². The maximum atomic E-state index is 15.3. The SMILES string of the molecule is O=C(O[C@@H]1COC(=O)c2cc(Oc3c(C(=O)O)cc(O)c(O)c3O)c(O)c(O)c2-c2c(cc(O)c(O)c2O)C(=O)O[C@H]1[C@@H]1OC(=O)c2cc(O)c(O)c(O)c2-c2c(O)c(O)c(O)c3c2C(=O)O[C@H]1[C@H]3C1OC[C@@H](O)[C@H](O)[C@@H]1O)c1cc(O)c(O)c(O)c1. The predicted octanol–water partition coefficient (Wildman–Crippen LogP) is 0.771. The lowest BCUT2D eigenvalue weighted by molar-refractivity contribution is -0.209. The average Bonchev–Trinajstić information content (AvgIpc) is 0.876. The van der Waals surface area contributed by atoms with Crippen LogP contribution in [0.5, 0.6) is 109 Å². The number of carboxylic acids is 1. The van der Waals surface area contributed by atoms with E-state index < -0.39 is 274 Å². The van der Waals surface area contributed by atoms with E-state index in [-0.39, 0.29) is 6.07 Å². The van der Waals surface area contributed by atoms with Gasteiger partial charge in [0.15, 0.2) is 99.2 Å². The molecule has 1 unspecified atom stereocenters. The van der Waals surface area contributed by atoms with Crippen molar-refractivity contribution in [3.05, 3.63) is 75.3 Å². The zero-order chi connectivity index (χ0) is 63.6. The molecule has 1 fully saturated rings. The molecule has 21 N–H and O–H groups in total. The number of aliphatic hydroxyl groups is 3. The molecule has 0 spiro atoms. The van der Waals surface area contributed by atoms with Crippen LogP contribution in [0, 0.1) is 0 Å². The Hall–Kier alpha value is -11.6. The molecular formula is C53H40O34. The van der Waals surface area contributed by atoms with Gasteiger partial charge in [-0.25, -0.2) is 28.8 Å². The van der Waals surface area contributed by atoms with Crippen LogP contribution in [0.3, 0.4) is 0 Å².